The summed E-state index contributed by atoms with van der Waals surface area (Å²) in [7, 11) is 0. The van der Waals surface area contributed by atoms with Gasteiger partial charge >= 0.3 is 12.1 Å². The van der Waals surface area contributed by atoms with Crippen molar-refractivity contribution in [1.82, 2.24) is 4.90 Å². The van der Waals surface area contributed by atoms with Crippen molar-refractivity contribution in [3.8, 4) is 0 Å². The minimum absolute atomic E-state index is 0.193. The highest BCUT2D eigenvalue weighted by atomic mass is 35.5. The lowest BCUT2D eigenvalue weighted by molar-refractivity contribution is 0.0526. The van der Waals surface area contributed by atoms with E-state index in [1.807, 2.05) is 0 Å². The summed E-state index contributed by atoms with van der Waals surface area (Å²) < 4.78 is 10.3. The van der Waals surface area contributed by atoms with Gasteiger partial charge in [-0.1, -0.05) is 23.2 Å². The van der Waals surface area contributed by atoms with Crippen molar-refractivity contribution < 1.29 is 23.9 Å². The smallest absolute Gasteiger partial charge is 0.410 e. The molecule has 10 heteroatoms. The first-order valence-corrected chi connectivity index (χ1v) is 10.9. The summed E-state index contributed by atoms with van der Waals surface area (Å²) in [6.45, 7) is 4.63. The molecule has 1 N–H and O–H groups in total. The molecule has 0 atom stereocenters. The van der Waals surface area contributed by atoms with Gasteiger partial charge in [-0.05, 0) is 44.0 Å². The lowest BCUT2D eigenvalue weighted by Gasteiger charge is -2.26. The van der Waals surface area contributed by atoms with E-state index in [2.05, 4.69) is 5.32 Å². The third-order valence-electron chi connectivity index (χ3n) is 4.46. The van der Waals surface area contributed by atoms with Crippen LogP contribution in [-0.4, -0.2) is 42.6 Å². The van der Waals surface area contributed by atoms with Crippen molar-refractivity contribution in [2.45, 2.75) is 26.8 Å². The fourth-order valence-electron chi connectivity index (χ4n) is 3.12. The van der Waals surface area contributed by atoms with E-state index in [0.29, 0.717) is 35.1 Å². The van der Waals surface area contributed by atoms with Gasteiger partial charge in [0.15, 0.2) is 0 Å². The van der Waals surface area contributed by atoms with Gasteiger partial charge < -0.3 is 19.7 Å². The Labute approximate surface area is 187 Å². The topological polar surface area (TPSA) is 84.9 Å². The van der Waals surface area contributed by atoms with Crippen molar-refractivity contribution >= 4 is 57.5 Å². The van der Waals surface area contributed by atoms with Crippen LogP contribution in [0.15, 0.2) is 18.2 Å². The third-order valence-corrected chi connectivity index (χ3v) is 6.16. The Kier molecular flexibility index (Phi) is 7.23. The molecule has 160 valence electrons. The number of halogens is 2. The van der Waals surface area contributed by atoms with Crippen LogP contribution in [0.5, 0.6) is 0 Å². The van der Waals surface area contributed by atoms with E-state index in [-0.39, 0.29) is 23.8 Å². The van der Waals surface area contributed by atoms with Crippen LogP contribution < -0.4 is 5.32 Å². The zero-order valence-corrected chi connectivity index (χ0v) is 18.7. The van der Waals surface area contributed by atoms with Crippen molar-refractivity contribution in [2.75, 3.05) is 25.1 Å². The maximum Gasteiger partial charge on any atom is 0.410 e. The standard InChI is InChI=1S/C20H20Cl2N2O5S/c1-3-28-19(26)16-12-7-8-24(20(27)29-4-2)10-15(12)30-18(16)23-17(25)13-9-11(21)5-6-14(13)22/h5-6,9H,3-4,7-8,10H2,1-2H3,(H,23,25). The largest absolute Gasteiger partial charge is 0.462 e. The predicted octanol–water partition coefficient (Wildman–Crippen LogP) is 5.00. The summed E-state index contributed by atoms with van der Waals surface area (Å²) in [4.78, 5) is 39.9. The van der Waals surface area contributed by atoms with Gasteiger partial charge in [-0.25, -0.2) is 9.59 Å². The van der Waals surface area contributed by atoms with E-state index in [1.54, 1.807) is 24.8 Å². The number of hydrogen-bond acceptors (Lipinski definition) is 6. The van der Waals surface area contributed by atoms with E-state index in [1.165, 1.54) is 23.5 Å². The molecular weight excluding hydrogens is 451 g/mol. The Morgan fingerprint density at radius 2 is 1.90 bits per heavy atom. The number of nitrogens with zero attached hydrogens (tertiary/aromatic N) is 1. The molecule has 2 aromatic rings. The zero-order chi connectivity index (χ0) is 21.8. The number of anilines is 1. The number of benzene rings is 1. The maximum atomic E-state index is 12.8. The molecular formula is C20H20Cl2N2O5S. The van der Waals surface area contributed by atoms with Gasteiger partial charge in [0, 0.05) is 16.4 Å². The summed E-state index contributed by atoms with van der Waals surface area (Å²) in [5.74, 6) is -1.01. The lowest BCUT2D eigenvalue weighted by atomic mass is 10.0. The molecule has 30 heavy (non-hydrogen) atoms. The van der Waals surface area contributed by atoms with Gasteiger partial charge in [0.25, 0.3) is 5.91 Å². The number of esters is 1. The Morgan fingerprint density at radius 3 is 2.60 bits per heavy atom. The number of thiophene rings is 1. The summed E-state index contributed by atoms with van der Waals surface area (Å²) in [5, 5.41) is 3.72. The summed E-state index contributed by atoms with van der Waals surface area (Å²) in [5.41, 5.74) is 1.27. The van der Waals surface area contributed by atoms with Gasteiger partial charge in [0.1, 0.15) is 5.00 Å². The summed E-state index contributed by atoms with van der Waals surface area (Å²) >= 11 is 13.3. The van der Waals surface area contributed by atoms with E-state index < -0.39 is 18.0 Å². The average molecular weight is 471 g/mol. The van der Waals surface area contributed by atoms with Crippen LogP contribution >= 0.6 is 34.5 Å². The molecule has 0 bridgehead atoms. The van der Waals surface area contributed by atoms with Crippen LogP contribution in [0.3, 0.4) is 0 Å². The van der Waals surface area contributed by atoms with Crippen molar-refractivity contribution in [1.29, 1.82) is 0 Å². The summed E-state index contributed by atoms with van der Waals surface area (Å²) in [6, 6.07) is 4.57. The second kappa shape index (κ2) is 9.68. The number of carbonyl (C=O) groups is 3. The van der Waals surface area contributed by atoms with Gasteiger partial charge in [0.2, 0.25) is 0 Å². The monoisotopic (exact) mass is 470 g/mol. The highest BCUT2D eigenvalue weighted by molar-refractivity contribution is 7.17. The molecule has 0 spiro atoms. The highest BCUT2D eigenvalue weighted by Gasteiger charge is 2.31. The zero-order valence-electron chi connectivity index (χ0n) is 16.4. The number of fused-ring (bicyclic) bond motifs is 1. The molecule has 0 saturated carbocycles. The van der Waals surface area contributed by atoms with Gasteiger partial charge in [-0.2, -0.15) is 0 Å². The number of amides is 2. The molecule has 0 fully saturated rings. The fourth-order valence-corrected chi connectivity index (χ4v) is 4.75. The minimum Gasteiger partial charge on any atom is -0.462 e. The first-order valence-electron chi connectivity index (χ1n) is 9.35. The van der Waals surface area contributed by atoms with Crippen LogP contribution in [0.4, 0.5) is 9.80 Å². The molecule has 0 saturated heterocycles. The molecule has 2 amide bonds. The van der Waals surface area contributed by atoms with Crippen LogP contribution in [0.1, 0.15) is 45.0 Å². The Balaban J connectivity index is 1.94. The first kappa shape index (κ1) is 22.4. The molecule has 1 aliphatic rings. The van der Waals surface area contributed by atoms with Crippen molar-refractivity contribution in [3.05, 3.63) is 49.8 Å². The minimum atomic E-state index is -0.521. The molecule has 0 unspecified atom stereocenters. The fraction of sp³-hybridized carbons (Fsp3) is 0.350. The molecule has 0 radical (unpaired) electrons. The Morgan fingerprint density at radius 1 is 1.17 bits per heavy atom. The molecule has 0 aliphatic carbocycles. The molecule has 1 aliphatic heterocycles. The number of nitrogens with one attached hydrogen (secondary N) is 1. The SMILES string of the molecule is CCOC(=O)c1c(NC(=O)c2cc(Cl)ccc2Cl)sc2c1CCN(C(=O)OCC)C2. The number of rotatable bonds is 5. The Hall–Kier alpha value is -2.29. The number of ether oxygens (including phenoxy) is 2. The quantitative estimate of drug-likeness (QED) is 0.621. The molecule has 1 aromatic carbocycles. The highest BCUT2D eigenvalue weighted by Crippen LogP contribution is 2.38. The Bertz CT molecular complexity index is 992. The molecule has 2 heterocycles. The van der Waals surface area contributed by atoms with Crippen LogP contribution in [0.2, 0.25) is 10.0 Å². The van der Waals surface area contributed by atoms with Crippen molar-refractivity contribution in [2.24, 2.45) is 0 Å². The maximum absolute atomic E-state index is 12.8. The molecule has 7 nitrogen and oxygen atoms in total. The normalized spacial score (nSPS) is 12.9. The van der Waals surface area contributed by atoms with E-state index in [9.17, 15) is 14.4 Å². The van der Waals surface area contributed by atoms with E-state index in [4.69, 9.17) is 32.7 Å². The van der Waals surface area contributed by atoms with Crippen LogP contribution in [0, 0.1) is 0 Å². The summed E-state index contributed by atoms with van der Waals surface area (Å²) in [6.07, 6.45) is 0.0394. The number of hydrogen-bond donors (Lipinski definition) is 1. The van der Waals surface area contributed by atoms with Gasteiger partial charge in [0.05, 0.1) is 35.9 Å². The predicted molar refractivity (Wildman–Crippen MR) is 116 cm³/mol. The molecule has 3 rings (SSSR count). The molecule has 1 aromatic heterocycles. The average Bonchev–Trinajstić information content (AvgIpc) is 3.07. The lowest BCUT2D eigenvalue weighted by Crippen LogP contribution is -2.36. The van der Waals surface area contributed by atoms with E-state index >= 15 is 0 Å². The second-order valence-electron chi connectivity index (χ2n) is 6.38. The van der Waals surface area contributed by atoms with Gasteiger partial charge in [-0.15, -0.1) is 11.3 Å². The number of carbonyl (C=O) groups excluding carboxylic acids is 3. The second-order valence-corrected chi connectivity index (χ2v) is 8.33. The van der Waals surface area contributed by atoms with E-state index in [0.717, 1.165) is 10.4 Å². The van der Waals surface area contributed by atoms with Crippen LogP contribution in [-0.2, 0) is 22.4 Å². The third kappa shape index (κ3) is 4.71. The van der Waals surface area contributed by atoms with Crippen molar-refractivity contribution in [3.63, 3.8) is 0 Å². The first-order chi connectivity index (χ1) is 14.3. The van der Waals surface area contributed by atoms with Crippen LogP contribution in [0.25, 0.3) is 0 Å². The van der Waals surface area contributed by atoms with Gasteiger partial charge in [-0.3, -0.25) is 4.79 Å².